The first-order chi connectivity index (χ1) is 10.8. The van der Waals surface area contributed by atoms with Crippen LogP contribution in [0.1, 0.15) is 11.5 Å². The number of nitrogens with one attached hydrogen (secondary N) is 2. The first kappa shape index (κ1) is 15.5. The lowest BCUT2D eigenvalue weighted by Crippen LogP contribution is -2.64. The lowest BCUT2D eigenvalue weighted by Gasteiger charge is -2.34. The number of hydrogen-bond acceptors (Lipinski definition) is 5. The molecule has 23 heavy (non-hydrogen) atoms. The summed E-state index contributed by atoms with van der Waals surface area (Å²) in [6.07, 6.45) is 0. The summed E-state index contributed by atoms with van der Waals surface area (Å²) >= 11 is 0. The number of amides is 4. The highest BCUT2D eigenvalue weighted by atomic mass is 16.2. The van der Waals surface area contributed by atoms with Crippen molar-refractivity contribution in [3.63, 3.8) is 0 Å². The average Bonchev–Trinajstić information content (AvgIpc) is 2.84. The van der Waals surface area contributed by atoms with Crippen molar-refractivity contribution >= 4 is 23.5 Å². The maximum absolute atomic E-state index is 12.5. The van der Waals surface area contributed by atoms with Gasteiger partial charge in [0.05, 0.1) is 0 Å². The van der Waals surface area contributed by atoms with Gasteiger partial charge in [0, 0.05) is 38.8 Å². The normalized spacial score (nSPS) is 23.8. The smallest absolute Gasteiger partial charge is 0.328 e. The van der Waals surface area contributed by atoms with Gasteiger partial charge in [0.25, 0.3) is 0 Å². The zero-order chi connectivity index (χ0) is 16.8. The van der Waals surface area contributed by atoms with Crippen molar-refractivity contribution in [2.45, 2.75) is 5.92 Å². The van der Waals surface area contributed by atoms with E-state index in [1.54, 1.807) is 0 Å². The van der Waals surface area contributed by atoms with Crippen LogP contribution in [0.4, 0.5) is 10.5 Å². The van der Waals surface area contributed by atoms with E-state index >= 15 is 0 Å². The van der Waals surface area contributed by atoms with Crippen LogP contribution in [-0.2, 0) is 9.59 Å². The standard InChI is InChI=1S/C16H20N4O3/c1-19(2)11-6-4-10(5-7-11)12-8-20(3)9-16(12)13(21)17-15(23)18-14(16)22/h4-7,12H,8-9H2,1-3H3,(H2,17,18,21,22,23). The van der Waals surface area contributed by atoms with Crippen LogP contribution in [0, 0.1) is 5.41 Å². The van der Waals surface area contributed by atoms with Crippen LogP contribution >= 0.6 is 0 Å². The summed E-state index contributed by atoms with van der Waals surface area (Å²) in [7, 11) is 5.77. The van der Waals surface area contributed by atoms with Crippen molar-refractivity contribution in [3.8, 4) is 0 Å². The van der Waals surface area contributed by atoms with Crippen molar-refractivity contribution in [3.05, 3.63) is 29.8 Å². The zero-order valence-corrected chi connectivity index (χ0v) is 13.4. The minimum Gasteiger partial charge on any atom is -0.378 e. The van der Waals surface area contributed by atoms with Gasteiger partial charge < -0.3 is 9.80 Å². The number of nitrogens with zero attached hydrogens (tertiary/aromatic N) is 2. The fraction of sp³-hybridized carbons (Fsp3) is 0.438. The average molecular weight is 316 g/mol. The number of anilines is 1. The Bertz CT molecular complexity index is 648. The molecular formula is C16H20N4O3. The third-order valence-electron chi connectivity index (χ3n) is 4.68. The maximum atomic E-state index is 12.5. The highest BCUT2D eigenvalue weighted by molar-refractivity contribution is 6.20. The molecule has 2 aliphatic rings. The van der Waals surface area contributed by atoms with Crippen LogP contribution in [-0.4, -0.2) is 57.0 Å². The third kappa shape index (κ3) is 2.37. The minimum absolute atomic E-state index is 0.290. The van der Waals surface area contributed by atoms with Gasteiger partial charge in [-0.05, 0) is 24.7 Å². The number of benzene rings is 1. The molecule has 0 bridgehead atoms. The Labute approximate surface area is 134 Å². The lowest BCUT2D eigenvalue weighted by molar-refractivity contribution is -0.144. The summed E-state index contributed by atoms with van der Waals surface area (Å²) in [5.74, 6) is -1.33. The number of hydrogen-bond donors (Lipinski definition) is 2. The van der Waals surface area contributed by atoms with Crippen LogP contribution in [0.25, 0.3) is 0 Å². The largest absolute Gasteiger partial charge is 0.378 e. The molecule has 1 atom stereocenters. The molecule has 1 spiro atoms. The second kappa shape index (κ2) is 5.34. The molecule has 0 saturated carbocycles. The molecule has 1 aromatic rings. The molecule has 2 N–H and O–H groups in total. The van der Waals surface area contributed by atoms with Gasteiger partial charge in [0.15, 0.2) is 0 Å². The monoisotopic (exact) mass is 316 g/mol. The van der Waals surface area contributed by atoms with Gasteiger partial charge >= 0.3 is 6.03 Å². The number of rotatable bonds is 2. The van der Waals surface area contributed by atoms with Gasteiger partial charge in [-0.25, -0.2) is 4.79 Å². The summed E-state index contributed by atoms with van der Waals surface area (Å²) in [5.41, 5.74) is 0.698. The van der Waals surface area contributed by atoms with Gasteiger partial charge in [0.2, 0.25) is 11.8 Å². The van der Waals surface area contributed by atoms with Crippen molar-refractivity contribution in [1.29, 1.82) is 0 Å². The molecule has 2 heterocycles. The minimum atomic E-state index is -1.26. The molecule has 4 amide bonds. The van der Waals surface area contributed by atoms with E-state index in [0.29, 0.717) is 6.54 Å². The topological polar surface area (TPSA) is 81.8 Å². The van der Waals surface area contributed by atoms with Crippen LogP contribution in [0.15, 0.2) is 24.3 Å². The van der Waals surface area contributed by atoms with Gasteiger partial charge in [-0.1, -0.05) is 12.1 Å². The Morgan fingerprint density at radius 1 is 1.09 bits per heavy atom. The van der Waals surface area contributed by atoms with Gasteiger partial charge in [-0.3, -0.25) is 20.2 Å². The summed E-state index contributed by atoms with van der Waals surface area (Å²) in [5, 5.41) is 4.50. The number of barbiturate groups is 1. The molecule has 3 rings (SSSR count). The SMILES string of the molecule is CN1CC(c2ccc(N(C)C)cc2)C2(C1)C(=O)NC(=O)NC2=O. The van der Waals surface area contributed by atoms with Gasteiger partial charge in [0.1, 0.15) is 5.41 Å². The number of likely N-dealkylation sites (tertiary alicyclic amines) is 1. The molecule has 0 aromatic heterocycles. The number of likely N-dealkylation sites (N-methyl/N-ethyl adjacent to an activating group) is 1. The first-order valence-electron chi connectivity index (χ1n) is 7.47. The molecule has 2 fully saturated rings. The molecule has 0 radical (unpaired) electrons. The van der Waals surface area contributed by atoms with Crippen LogP contribution in [0.3, 0.4) is 0 Å². The van der Waals surface area contributed by atoms with Crippen molar-refractivity contribution < 1.29 is 14.4 Å². The van der Waals surface area contributed by atoms with Crippen LogP contribution < -0.4 is 15.5 Å². The van der Waals surface area contributed by atoms with E-state index in [-0.39, 0.29) is 12.5 Å². The Morgan fingerprint density at radius 3 is 2.17 bits per heavy atom. The van der Waals surface area contributed by atoms with E-state index < -0.39 is 23.3 Å². The fourth-order valence-electron chi connectivity index (χ4n) is 3.49. The Balaban J connectivity index is 2.01. The van der Waals surface area contributed by atoms with Crippen molar-refractivity contribution in [2.24, 2.45) is 5.41 Å². The van der Waals surface area contributed by atoms with Crippen LogP contribution in [0.2, 0.25) is 0 Å². The number of carbonyl (C=O) groups is 3. The molecular weight excluding hydrogens is 296 g/mol. The van der Waals surface area contributed by atoms with Crippen LogP contribution in [0.5, 0.6) is 0 Å². The van der Waals surface area contributed by atoms with E-state index in [9.17, 15) is 14.4 Å². The summed E-state index contributed by atoms with van der Waals surface area (Å²) in [6, 6.07) is 7.06. The molecule has 122 valence electrons. The van der Waals surface area contributed by atoms with Crippen molar-refractivity contribution in [2.75, 3.05) is 39.1 Å². The second-order valence-electron chi connectivity index (χ2n) is 6.44. The fourth-order valence-corrected chi connectivity index (χ4v) is 3.49. The number of carbonyl (C=O) groups excluding carboxylic acids is 3. The highest BCUT2D eigenvalue weighted by Gasteiger charge is 2.59. The van der Waals surface area contributed by atoms with Crippen molar-refractivity contribution in [1.82, 2.24) is 15.5 Å². The van der Waals surface area contributed by atoms with Gasteiger partial charge in [-0.2, -0.15) is 0 Å². The number of urea groups is 1. The summed E-state index contributed by atoms with van der Waals surface area (Å²) in [4.78, 5) is 40.3. The summed E-state index contributed by atoms with van der Waals surface area (Å²) < 4.78 is 0. The summed E-state index contributed by atoms with van der Waals surface area (Å²) in [6.45, 7) is 0.869. The van der Waals surface area contributed by atoms with E-state index in [0.717, 1.165) is 11.3 Å². The van der Waals surface area contributed by atoms with E-state index in [1.165, 1.54) is 0 Å². The molecule has 1 aromatic carbocycles. The predicted octanol–water partition coefficient (Wildman–Crippen LogP) is 0.134. The van der Waals surface area contributed by atoms with E-state index in [1.807, 2.05) is 55.2 Å². The third-order valence-corrected chi connectivity index (χ3v) is 4.68. The molecule has 1 unspecified atom stereocenters. The maximum Gasteiger partial charge on any atom is 0.328 e. The highest BCUT2D eigenvalue weighted by Crippen LogP contribution is 2.44. The molecule has 2 aliphatic heterocycles. The van der Waals surface area contributed by atoms with E-state index in [2.05, 4.69) is 10.6 Å². The molecule has 7 heteroatoms. The Hall–Kier alpha value is -2.41. The number of imide groups is 2. The quantitative estimate of drug-likeness (QED) is 0.758. The first-order valence-corrected chi connectivity index (χ1v) is 7.47. The molecule has 2 saturated heterocycles. The Morgan fingerprint density at radius 2 is 1.65 bits per heavy atom. The predicted molar refractivity (Wildman–Crippen MR) is 85.1 cm³/mol. The Kier molecular flexibility index (Phi) is 3.60. The zero-order valence-electron chi connectivity index (χ0n) is 13.4. The van der Waals surface area contributed by atoms with Gasteiger partial charge in [-0.15, -0.1) is 0 Å². The van der Waals surface area contributed by atoms with E-state index in [4.69, 9.17) is 0 Å². The lowest BCUT2D eigenvalue weighted by atomic mass is 9.72. The molecule has 7 nitrogen and oxygen atoms in total. The second-order valence-corrected chi connectivity index (χ2v) is 6.44. The molecule has 0 aliphatic carbocycles.